The summed E-state index contributed by atoms with van der Waals surface area (Å²) in [6, 6.07) is 15.1. The molecule has 1 aliphatic rings. The van der Waals surface area contributed by atoms with Gasteiger partial charge in [0.1, 0.15) is 0 Å². The van der Waals surface area contributed by atoms with E-state index in [1.54, 1.807) is 0 Å². The highest BCUT2D eigenvalue weighted by molar-refractivity contribution is 6.04. The van der Waals surface area contributed by atoms with Crippen LogP contribution in [0.15, 0.2) is 48.5 Å². The van der Waals surface area contributed by atoms with Crippen LogP contribution in [0, 0.1) is 0 Å². The Balaban J connectivity index is 1.67. The largest absolute Gasteiger partial charge is 0.322 e. The lowest BCUT2D eigenvalue weighted by molar-refractivity contribution is -0.119. The minimum absolute atomic E-state index is 0.126. The smallest absolute Gasteiger partial charge is 0.255 e. The van der Waals surface area contributed by atoms with Gasteiger partial charge in [-0.25, -0.2) is 0 Å². The molecule has 2 aromatic rings. The van der Waals surface area contributed by atoms with Crippen LogP contribution in [0.5, 0.6) is 0 Å². The van der Waals surface area contributed by atoms with E-state index < -0.39 is 0 Å². The van der Waals surface area contributed by atoms with E-state index in [1.807, 2.05) is 53.4 Å². The Labute approximate surface area is 142 Å². The molecule has 1 fully saturated rings. The highest BCUT2D eigenvalue weighted by Crippen LogP contribution is 2.23. The van der Waals surface area contributed by atoms with E-state index in [4.69, 9.17) is 0 Å². The summed E-state index contributed by atoms with van der Waals surface area (Å²) in [4.78, 5) is 26.0. The van der Waals surface area contributed by atoms with Crippen LogP contribution in [0.3, 0.4) is 0 Å². The second-order valence-electron chi connectivity index (χ2n) is 6.05. The highest BCUT2D eigenvalue weighted by atomic mass is 16.2. The van der Waals surface area contributed by atoms with Crippen LogP contribution in [0.4, 0.5) is 11.4 Å². The van der Waals surface area contributed by atoms with Gasteiger partial charge in [0.2, 0.25) is 5.91 Å². The van der Waals surface area contributed by atoms with E-state index in [1.165, 1.54) is 5.56 Å². The third-order valence-electron chi connectivity index (χ3n) is 4.38. The fourth-order valence-electron chi connectivity index (χ4n) is 2.90. The van der Waals surface area contributed by atoms with Crippen LogP contribution in [0.1, 0.15) is 42.1 Å². The van der Waals surface area contributed by atoms with Crippen LogP contribution in [0.2, 0.25) is 0 Å². The summed E-state index contributed by atoms with van der Waals surface area (Å²) in [5.41, 5.74) is 3.47. The topological polar surface area (TPSA) is 49.4 Å². The Kier molecular flexibility index (Phi) is 4.94. The lowest BCUT2D eigenvalue weighted by Gasteiger charge is -2.26. The Morgan fingerprint density at radius 2 is 1.75 bits per heavy atom. The zero-order chi connectivity index (χ0) is 16.9. The average Bonchev–Trinajstić information content (AvgIpc) is 2.63. The summed E-state index contributed by atoms with van der Waals surface area (Å²) in [6.07, 6.45) is 3.59. The second-order valence-corrected chi connectivity index (χ2v) is 6.05. The number of aryl methyl sites for hydroxylation is 1. The number of hydrogen-bond acceptors (Lipinski definition) is 2. The van der Waals surface area contributed by atoms with E-state index in [-0.39, 0.29) is 11.8 Å². The first-order chi connectivity index (χ1) is 11.7. The van der Waals surface area contributed by atoms with Gasteiger partial charge in [0.25, 0.3) is 5.91 Å². The van der Waals surface area contributed by atoms with Gasteiger partial charge in [0, 0.05) is 29.9 Å². The zero-order valence-electron chi connectivity index (χ0n) is 13.9. The van der Waals surface area contributed by atoms with Gasteiger partial charge in [0.05, 0.1) is 0 Å². The molecule has 124 valence electrons. The molecule has 1 aliphatic heterocycles. The molecule has 2 aromatic carbocycles. The van der Waals surface area contributed by atoms with Gasteiger partial charge >= 0.3 is 0 Å². The number of benzene rings is 2. The molecule has 0 saturated carbocycles. The lowest BCUT2D eigenvalue weighted by atomic mass is 10.1. The summed E-state index contributed by atoms with van der Waals surface area (Å²) >= 11 is 0. The first-order valence-electron chi connectivity index (χ1n) is 8.48. The van der Waals surface area contributed by atoms with E-state index in [2.05, 4.69) is 12.2 Å². The zero-order valence-corrected chi connectivity index (χ0v) is 13.9. The molecule has 4 heteroatoms. The Bertz CT molecular complexity index is 720. The maximum absolute atomic E-state index is 12.3. The van der Waals surface area contributed by atoms with Crippen LogP contribution in [0.25, 0.3) is 0 Å². The standard InChI is InChI=1S/C20H22N2O2/c1-2-15-6-8-16(9-7-15)20(24)21-17-10-12-18(13-11-17)22-14-4-3-5-19(22)23/h6-13H,2-5,14H2,1H3,(H,21,24). The summed E-state index contributed by atoms with van der Waals surface area (Å²) in [6.45, 7) is 2.86. The minimum Gasteiger partial charge on any atom is -0.322 e. The molecule has 3 rings (SSSR count). The molecule has 1 saturated heterocycles. The first kappa shape index (κ1) is 16.2. The van der Waals surface area contributed by atoms with Crippen molar-refractivity contribution < 1.29 is 9.59 Å². The monoisotopic (exact) mass is 322 g/mol. The molecule has 24 heavy (non-hydrogen) atoms. The van der Waals surface area contributed by atoms with Crippen molar-refractivity contribution in [1.82, 2.24) is 0 Å². The summed E-state index contributed by atoms with van der Waals surface area (Å²) in [5.74, 6) is 0.0495. The van der Waals surface area contributed by atoms with Crippen LogP contribution >= 0.6 is 0 Å². The van der Waals surface area contributed by atoms with E-state index in [0.717, 1.165) is 37.2 Å². The number of carbonyl (C=O) groups excluding carboxylic acids is 2. The maximum Gasteiger partial charge on any atom is 0.255 e. The molecule has 2 amide bonds. The predicted octanol–water partition coefficient (Wildman–Crippen LogP) is 4.02. The third-order valence-corrected chi connectivity index (χ3v) is 4.38. The van der Waals surface area contributed by atoms with Crippen LogP contribution in [-0.2, 0) is 11.2 Å². The van der Waals surface area contributed by atoms with Gasteiger partial charge < -0.3 is 10.2 Å². The number of rotatable bonds is 4. The van der Waals surface area contributed by atoms with E-state index in [9.17, 15) is 9.59 Å². The molecular formula is C20H22N2O2. The number of amides is 2. The molecule has 0 aromatic heterocycles. The highest BCUT2D eigenvalue weighted by Gasteiger charge is 2.19. The molecule has 0 atom stereocenters. The lowest BCUT2D eigenvalue weighted by Crippen LogP contribution is -2.35. The predicted molar refractivity (Wildman–Crippen MR) is 96.4 cm³/mol. The number of hydrogen-bond donors (Lipinski definition) is 1. The Hall–Kier alpha value is -2.62. The number of carbonyl (C=O) groups is 2. The van der Waals surface area contributed by atoms with Crippen molar-refractivity contribution in [3.63, 3.8) is 0 Å². The molecule has 0 bridgehead atoms. The molecule has 0 radical (unpaired) electrons. The van der Waals surface area contributed by atoms with Crippen molar-refractivity contribution in [2.75, 3.05) is 16.8 Å². The molecule has 0 spiro atoms. The third kappa shape index (κ3) is 3.65. The van der Waals surface area contributed by atoms with Crippen molar-refractivity contribution in [3.8, 4) is 0 Å². The normalized spacial score (nSPS) is 14.5. The van der Waals surface area contributed by atoms with Crippen molar-refractivity contribution in [1.29, 1.82) is 0 Å². The van der Waals surface area contributed by atoms with E-state index in [0.29, 0.717) is 12.0 Å². The molecule has 4 nitrogen and oxygen atoms in total. The average molecular weight is 322 g/mol. The van der Waals surface area contributed by atoms with Gasteiger partial charge in [-0.05, 0) is 61.2 Å². The Morgan fingerprint density at radius 1 is 1.04 bits per heavy atom. The molecule has 1 N–H and O–H groups in total. The van der Waals surface area contributed by atoms with Crippen molar-refractivity contribution >= 4 is 23.2 Å². The summed E-state index contributed by atoms with van der Waals surface area (Å²) < 4.78 is 0. The quantitative estimate of drug-likeness (QED) is 0.924. The van der Waals surface area contributed by atoms with Crippen molar-refractivity contribution in [2.45, 2.75) is 32.6 Å². The minimum atomic E-state index is -0.126. The summed E-state index contributed by atoms with van der Waals surface area (Å²) in [5, 5.41) is 2.89. The SMILES string of the molecule is CCc1ccc(C(=O)Nc2ccc(N3CCCCC3=O)cc2)cc1. The number of anilines is 2. The van der Waals surface area contributed by atoms with E-state index >= 15 is 0 Å². The van der Waals surface area contributed by atoms with Crippen molar-refractivity contribution in [2.24, 2.45) is 0 Å². The fourth-order valence-corrected chi connectivity index (χ4v) is 2.90. The molecule has 0 unspecified atom stereocenters. The van der Waals surface area contributed by atoms with Gasteiger partial charge in [-0.3, -0.25) is 9.59 Å². The molecule has 0 aliphatic carbocycles. The van der Waals surface area contributed by atoms with Crippen LogP contribution in [-0.4, -0.2) is 18.4 Å². The van der Waals surface area contributed by atoms with Crippen LogP contribution < -0.4 is 10.2 Å². The maximum atomic E-state index is 12.3. The first-order valence-corrected chi connectivity index (χ1v) is 8.48. The van der Waals surface area contributed by atoms with Crippen molar-refractivity contribution in [3.05, 3.63) is 59.7 Å². The summed E-state index contributed by atoms with van der Waals surface area (Å²) in [7, 11) is 0. The van der Waals surface area contributed by atoms with Gasteiger partial charge in [-0.2, -0.15) is 0 Å². The Morgan fingerprint density at radius 3 is 2.38 bits per heavy atom. The number of nitrogens with one attached hydrogen (secondary N) is 1. The second kappa shape index (κ2) is 7.30. The molecule has 1 heterocycles. The number of nitrogens with zero attached hydrogens (tertiary/aromatic N) is 1. The van der Waals surface area contributed by atoms with Gasteiger partial charge in [-0.1, -0.05) is 19.1 Å². The fraction of sp³-hybridized carbons (Fsp3) is 0.300. The number of piperidine rings is 1. The molecular weight excluding hydrogens is 300 g/mol. The van der Waals surface area contributed by atoms with Gasteiger partial charge in [-0.15, -0.1) is 0 Å². The van der Waals surface area contributed by atoms with Gasteiger partial charge in [0.15, 0.2) is 0 Å².